The summed E-state index contributed by atoms with van der Waals surface area (Å²) in [4.78, 5) is 17.9. The van der Waals surface area contributed by atoms with Gasteiger partial charge in [0.2, 0.25) is 0 Å². The number of hydrogen-bond acceptors (Lipinski definition) is 3. The Kier molecular flexibility index (Phi) is 3.19. The van der Waals surface area contributed by atoms with Crippen molar-refractivity contribution < 1.29 is 4.79 Å². The number of aromatic nitrogens is 1. The molecule has 1 fully saturated rings. The predicted octanol–water partition coefficient (Wildman–Crippen LogP) is 0.990. The zero-order valence-electron chi connectivity index (χ0n) is 9.52. The van der Waals surface area contributed by atoms with E-state index in [1.165, 1.54) is 0 Å². The van der Waals surface area contributed by atoms with E-state index < -0.39 is 0 Å². The molecule has 0 radical (unpaired) electrons. The Morgan fingerprint density at radius 3 is 2.81 bits per heavy atom. The first-order valence-corrected chi connectivity index (χ1v) is 5.61. The summed E-state index contributed by atoms with van der Waals surface area (Å²) in [5.41, 5.74) is 6.82. The molecule has 2 N–H and O–H groups in total. The van der Waals surface area contributed by atoms with Crippen molar-refractivity contribution in [1.29, 1.82) is 0 Å². The van der Waals surface area contributed by atoms with Crippen LogP contribution in [0, 0.1) is 0 Å². The molecule has 1 aromatic rings. The van der Waals surface area contributed by atoms with Crippen LogP contribution in [0.25, 0.3) is 0 Å². The summed E-state index contributed by atoms with van der Waals surface area (Å²) in [5, 5.41) is 0. The molecule has 1 aliphatic rings. The van der Waals surface area contributed by atoms with Gasteiger partial charge >= 0.3 is 0 Å². The van der Waals surface area contributed by atoms with Gasteiger partial charge in [0.05, 0.1) is 11.3 Å². The fourth-order valence-corrected chi connectivity index (χ4v) is 2.23. The second-order valence-electron chi connectivity index (χ2n) is 4.38. The van der Waals surface area contributed by atoms with Crippen molar-refractivity contribution in [1.82, 2.24) is 9.88 Å². The van der Waals surface area contributed by atoms with Gasteiger partial charge in [-0.3, -0.25) is 9.78 Å². The van der Waals surface area contributed by atoms with Gasteiger partial charge in [-0.15, -0.1) is 0 Å². The van der Waals surface area contributed by atoms with Crippen molar-refractivity contribution >= 4 is 5.91 Å². The van der Waals surface area contributed by atoms with Crippen LogP contribution in [0.15, 0.2) is 18.3 Å². The van der Waals surface area contributed by atoms with E-state index in [-0.39, 0.29) is 5.91 Å². The lowest BCUT2D eigenvalue weighted by Crippen LogP contribution is -2.30. The van der Waals surface area contributed by atoms with Gasteiger partial charge in [-0.25, -0.2) is 0 Å². The van der Waals surface area contributed by atoms with Gasteiger partial charge in [-0.05, 0) is 45.1 Å². The number of carbonyl (C=O) groups is 1. The van der Waals surface area contributed by atoms with Crippen LogP contribution in [0.3, 0.4) is 0 Å². The zero-order chi connectivity index (χ0) is 11.5. The van der Waals surface area contributed by atoms with Gasteiger partial charge in [0.15, 0.2) is 0 Å². The summed E-state index contributed by atoms with van der Waals surface area (Å²) in [6.45, 7) is 2.11. The minimum Gasteiger partial charge on any atom is -0.366 e. The summed E-state index contributed by atoms with van der Waals surface area (Å²) >= 11 is 0. The Hall–Kier alpha value is -1.42. The molecule has 2 rings (SSSR count). The molecule has 86 valence electrons. The van der Waals surface area contributed by atoms with Crippen LogP contribution in [0.1, 0.15) is 34.8 Å². The van der Waals surface area contributed by atoms with E-state index in [2.05, 4.69) is 16.9 Å². The van der Waals surface area contributed by atoms with Gasteiger partial charge in [0, 0.05) is 12.1 Å². The molecular formula is C12H17N3O. The SMILES string of the molecule is CN1CCC(c2ncccc2C(N)=O)CC1. The molecule has 4 nitrogen and oxygen atoms in total. The summed E-state index contributed by atoms with van der Waals surface area (Å²) in [7, 11) is 2.11. The number of carbonyl (C=O) groups excluding carboxylic acids is 1. The highest BCUT2D eigenvalue weighted by molar-refractivity contribution is 5.94. The van der Waals surface area contributed by atoms with Crippen LogP contribution in [0.4, 0.5) is 0 Å². The van der Waals surface area contributed by atoms with Crippen molar-refractivity contribution in [2.75, 3.05) is 20.1 Å². The van der Waals surface area contributed by atoms with Crippen LogP contribution < -0.4 is 5.73 Å². The van der Waals surface area contributed by atoms with Crippen LogP contribution in [-0.2, 0) is 0 Å². The number of piperidine rings is 1. The molecule has 0 spiro atoms. The third-order valence-electron chi connectivity index (χ3n) is 3.21. The minimum atomic E-state index is -0.373. The molecule has 0 aliphatic carbocycles. The standard InChI is InChI=1S/C12H17N3O/c1-15-7-4-9(5-8-15)11-10(12(13)16)3-2-6-14-11/h2-3,6,9H,4-5,7-8H2,1H3,(H2,13,16). The van der Waals surface area contributed by atoms with E-state index in [0.717, 1.165) is 31.6 Å². The Morgan fingerprint density at radius 1 is 1.50 bits per heavy atom. The number of amides is 1. The van der Waals surface area contributed by atoms with Gasteiger partial charge < -0.3 is 10.6 Å². The Balaban J connectivity index is 2.23. The molecule has 1 aromatic heterocycles. The molecule has 2 heterocycles. The first-order chi connectivity index (χ1) is 7.68. The number of rotatable bonds is 2. The number of hydrogen-bond donors (Lipinski definition) is 1. The van der Waals surface area contributed by atoms with E-state index in [1.807, 2.05) is 0 Å². The lowest BCUT2D eigenvalue weighted by atomic mass is 9.90. The maximum absolute atomic E-state index is 11.3. The Bertz CT molecular complexity index is 384. The third kappa shape index (κ3) is 2.22. The van der Waals surface area contributed by atoms with Gasteiger partial charge in [-0.2, -0.15) is 0 Å². The van der Waals surface area contributed by atoms with E-state index in [4.69, 9.17) is 5.73 Å². The molecule has 1 aliphatic heterocycles. The lowest BCUT2D eigenvalue weighted by molar-refractivity contribution is 0.0997. The van der Waals surface area contributed by atoms with Crippen molar-refractivity contribution in [3.8, 4) is 0 Å². The molecule has 0 bridgehead atoms. The smallest absolute Gasteiger partial charge is 0.250 e. The minimum absolute atomic E-state index is 0.373. The normalized spacial score (nSPS) is 18.6. The van der Waals surface area contributed by atoms with Gasteiger partial charge in [0.1, 0.15) is 0 Å². The Morgan fingerprint density at radius 2 is 2.19 bits per heavy atom. The number of likely N-dealkylation sites (tertiary alicyclic amines) is 1. The molecule has 0 unspecified atom stereocenters. The molecular weight excluding hydrogens is 202 g/mol. The van der Waals surface area contributed by atoms with E-state index in [9.17, 15) is 4.79 Å². The summed E-state index contributed by atoms with van der Waals surface area (Å²) < 4.78 is 0. The molecule has 0 aromatic carbocycles. The van der Waals surface area contributed by atoms with Crippen molar-refractivity contribution in [3.63, 3.8) is 0 Å². The monoisotopic (exact) mass is 219 g/mol. The second kappa shape index (κ2) is 4.61. The van der Waals surface area contributed by atoms with Gasteiger partial charge in [0.25, 0.3) is 5.91 Å². The maximum atomic E-state index is 11.3. The first kappa shape index (κ1) is 11.1. The van der Waals surface area contributed by atoms with Crippen molar-refractivity contribution in [2.45, 2.75) is 18.8 Å². The van der Waals surface area contributed by atoms with Crippen molar-refractivity contribution in [2.24, 2.45) is 5.73 Å². The average molecular weight is 219 g/mol. The second-order valence-corrected chi connectivity index (χ2v) is 4.38. The largest absolute Gasteiger partial charge is 0.366 e. The fraction of sp³-hybridized carbons (Fsp3) is 0.500. The quantitative estimate of drug-likeness (QED) is 0.807. The average Bonchev–Trinajstić information content (AvgIpc) is 2.30. The van der Waals surface area contributed by atoms with Crippen LogP contribution >= 0.6 is 0 Å². The summed E-state index contributed by atoms with van der Waals surface area (Å²) in [6, 6.07) is 3.53. The van der Waals surface area contributed by atoms with E-state index >= 15 is 0 Å². The van der Waals surface area contributed by atoms with Crippen molar-refractivity contribution in [3.05, 3.63) is 29.6 Å². The van der Waals surface area contributed by atoms with Crippen LogP contribution in [-0.4, -0.2) is 35.9 Å². The highest BCUT2D eigenvalue weighted by Gasteiger charge is 2.23. The molecule has 1 saturated heterocycles. The maximum Gasteiger partial charge on any atom is 0.250 e. The molecule has 0 saturated carbocycles. The highest BCUT2D eigenvalue weighted by atomic mass is 16.1. The molecule has 1 amide bonds. The predicted molar refractivity (Wildman–Crippen MR) is 62.2 cm³/mol. The van der Waals surface area contributed by atoms with E-state index in [1.54, 1.807) is 18.3 Å². The summed E-state index contributed by atoms with van der Waals surface area (Å²) in [5.74, 6) is 0.00179. The number of nitrogens with two attached hydrogens (primary N) is 1. The number of nitrogens with zero attached hydrogens (tertiary/aromatic N) is 2. The third-order valence-corrected chi connectivity index (χ3v) is 3.21. The molecule has 16 heavy (non-hydrogen) atoms. The van der Waals surface area contributed by atoms with Gasteiger partial charge in [-0.1, -0.05) is 0 Å². The first-order valence-electron chi connectivity index (χ1n) is 5.61. The highest BCUT2D eigenvalue weighted by Crippen LogP contribution is 2.27. The Labute approximate surface area is 95.5 Å². The number of primary amides is 1. The van der Waals surface area contributed by atoms with Crippen LogP contribution in [0.5, 0.6) is 0 Å². The molecule has 4 heteroatoms. The lowest BCUT2D eigenvalue weighted by Gasteiger charge is -2.29. The topological polar surface area (TPSA) is 59.2 Å². The number of pyridine rings is 1. The van der Waals surface area contributed by atoms with Crippen LogP contribution in [0.2, 0.25) is 0 Å². The molecule has 0 atom stereocenters. The fourth-order valence-electron chi connectivity index (χ4n) is 2.23. The van der Waals surface area contributed by atoms with E-state index in [0.29, 0.717) is 11.5 Å². The summed E-state index contributed by atoms with van der Waals surface area (Å²) in [6.07, 6.45) is 3.84. The zero-order valence-corrected chi connectivity index (χ0v) is 9.52.